The van der Waals surface area contributed by atoms with Gasteiger partial charge in [0.15, 0.2) is 0 Å². The molecule has 0 spiro atoms. The van der Waals surface area contributed by atoms with Crippen molar-refractivity contribution in [2.75, 3.05) is 0 Å². The molecule has 4 heteroatoms. The van der Waals surface area contributed by atoms with Gasteiger partial charge in [0.2, 0.25) is 0 Å². The maximum atomic E-state index is 6.37. The van der Waals surface area contributed by atoms with Crippen molar-refractivity contribution in [3.05, 3.63) is 88.5 Å². The van der Waals surface area contributed by atoms with Crippen LogP contribution in [-0.4, -0.2) is 9.97 Å². The molecule has 3 aromatic rings. The summed E-state index contributed by atoms with van der Waals surface area (Å²) in [6.45, 7) is 0.669. The molecular formula is C20H19ClN2O. The first kappa shape index (κ1) is 15.4. The first-order valence-corrected chi connectivity index (χ1v) is 8.58. The molecule has 1 aliphatic heterocycles. The number of halogens is 1. The topological polar surface area (TPSA) is 37.9 Å². The summed E-state index contributed by atoms with van der Waals surface area (Å²) in [7, 11) is 0. The van der Waals surface area contributed by atoms with Crippen LogP contribution in [-0.2, 0) is 29.8 Å². The number of hydrogen-bond donors (Lipinski definition) is 1. The fourth-order valence-electron chi connectivity index (χ4n) is 3.51. The number of nitrogens with zero attached hydrogens (tertiary/aromatic N) is 1. The number of H-pyrrole nitrogens is 1. The standard InChI is InChI=1S/C20H19ClN2O/c21-17-7-5-15(6-8-17)13-20(10-9-19-22-11-12-23-19)18-4-2-1-3-16(18)14-24-20/h1-8,11-12H,9-10,13-14H2,(H,22,23). The highest BCUT2D eigenvalue weighted by Gasteiger charge is 2.39. The van der Waals surface area contributed by atoms with E-state index in [0.29, 0.717) is 6.61 Å². The van der Waals surface area contributed by atoms with Gasteiger partial charge in [-0.1, -0.05) is 48.0 Å². The summed E-state index contributed by atoms with van der Waals surface area (Å²) in [6.07, 6.45) is 6.24. The molecule has 24 heavy (non-hydrogen) atoms. The molecule has 0 aliphatic carbocycles. The summed E-state index contributed by atoms with van der Waals surface area (Å²) in [5.41, 5.74) is 3.50. The van der Waals surface area contributed by atoms with Crippen molar-refractivity contribution in [3.8, 4) is 0 Å². The van der Waals surface area contributed by atoms with Gasteiger partial charge in [-0.3, -0.25) is 0 Å². The molecular weight excluding hydrogens is 320 g/mol. The predicted octanol–water partition coefficient (Wildman–Crippen LogP) is 4.66. The molecule has 0 radical (unpaired) electrons. The van der Waals surface area contributed by atoms with Gasteiger partial charge in [0, 0.05) is 30.3 Å². The number of hydrogen-bond acceptors (Lipinski definition) is 2. The van der Waals surface area contributed by atoms with E-state index in [1.54, 1.807) is 6.20 Å². The monoisotopic (exact) mass is 338 g/mol. The molecule has 0 amide bonds. The van der Waals surface area contributed by atoms with Crippen LogP contribution >= 0.6 is 11.6 Å². The number of aryl methyl sites for hydroxylation is 1. The van der Waals surface area contributed by atoms with E-state index in [2.05, 4.69) is 46.4 Å². The number of aromatic amines is 1. The minimum atomic E-state index is -0.308. The predicted molar refractivity (Wildman–Crippen MR) is 95.0 cm³/mol. The van der Waals surface area contributed by atoms with Crippen LogP contribution in [0.4, 0.5) is 0 Å². The zero-order valence-corrected chi connectivity index (χ0v) is 14.1. The van der Waals surface area contributed by atoms with E-state index in [0.717, 1.165) is 30.1 Å². The quantitative estimate of drug-likeness (QED) is 0.734. The van der Waals surface area contributed by atoms with E-state index in [-0.39, 0.29) is 5.60 Å². The van der Waals surface area contributed by atoms with Crippen molar-refractivity contribution < 1.29 is 4.74 Å². The molecule has 2 heterocycles. The summed E-state index contributed by atoms with van der Waals surface area (Å²) >= 11 is 6.03. The van der Waals surface area contributed by atoms with Gasteiger partial charge < -0.3 is 9.72 Å². The average Bonchev–Trinajstić information content (AvgIpc) is 3.24. The Hall–Kier alpha value is -2.10. The van der Waals surface area contributed by atoms with Crippen molar-refractivity contribution in [1.82, 2.24) is 9.97 Å². The Morgan fingerprint density at radius 3 is 2.75 bits per heavy atom. The fourth-order valence-corrected chi connectivity index (χ4v) is 3.64. The van der Waals surface area contributed by atoms with E-state index in [1.807, 2.05) is 18.3 Å². The second-order valence-electron chi connectivity index (χ2n) is 6.28. The van der Waals surface area contributed by atoms with Gasteiger partial charge >= 0.3 is 0 Å². The number of aromatic nitrogens is 2. The van der Waals surface area contributed by atoms with E-state index >= 15 is 0 Å². The zero-order valence-electron chi connectivity index (χ0n) is 13.3. The molecule has 4 rings (SSSR count). The molecule has 1 atom stereocenters. The van der Waals surface area contributed by atoms with Crippen molar-refractivity contribution >= 4 is 11.6 Å². The molecule has 2 aromatic carbocycles. The molecule has 1 aliphatic rings. The molecule has 0 bridgehead atoms. The Labute approximate surface area is 146 Å². The van der Waals surface area contributed by atoms with Crippen LogP contribution in [0.25, 0.3) is 0 Å². The van der Waals surface area contributed by atoms with Gasteiger partial charge in [-0.15, -0.1) is 0 Å². The Bertz CT molecular complexity index is 814. The number of imidazole rings is 1. The van der Waals surface area contributed by atoms with Gasteiger partial charge in [-0.2, -0.15) is 0 Å². The van der Waals surface area contributed by atoms with Crippen LogP contribution in [0.15, 0.2) is 60.9 Å². The van der Waals surface area contributed by atoms with E-state index in [4.69, 9.17) is 16.3 Å². The number of rotatable bonds is 5. The number of ether oxygens (including phenoxy) is 1. The fraction of sp³-hybridized carbons (Fsp3) is 0.250. The zero-order chi connectivity index (χ0) is 16.4. The van der Waals surface area contributed by atoms with E-state index in [9.17, 15) is 0 Å². The number of benzene rings is 2. The molecule has 0 fully saturated rings. The SMILES string of the molecule is Clc1ccc(CC2(CCc3ncc[nH]3)OCc3ccccc32)cc1. The summed E-state index contributed by atoms with van der Waals surface area (Å²) in [5, 5.41) is 0.760. The van der Waals surface area contributed by atoms with Crippen LogP contribution in [0.1, 0.15) is 28.9 Å². The first-order chi connectivity index (χ1) is 11.8. The van der Waals surface area contributed by atoms with Gasteiger partial charge in [0.25, 0.3) is 0 Å². The molecule has 1 aromatic heterocycles. The second-order valence-corrected chi connectivity index (χ2v) is 6.72. The lowest BCUT2D eigenvalue weighted by molar-refractivity contribution is -0.0444. The van der Waals surface area contributed by atoms with Crippen LogP contribution in [0.5, 0.6) is 0 Å². The van der Waals surface area contributed by atoms with Crippen LogP contribution in [0.3, 0.4) is 0 Å². The highest BCUT2D eigenvalue weighted by molar-refractivity contribution is 6.30. The van der Waals surface area contributed by atoms with E-state index in [1.165, 1.54) is 16.7 Å². The van der Waals surface area contributed by atoms with E-state index < -0.39 is 0 Å². The summed E-state index contributed by atoms with van der Waals surface area (Å²) in [5.74, 6) is 0.999. The Morgan fingerprint density at radius 2 is 1.96 bits per heavy atom. The molecule has 122 valence electrons. The van der Waals surface area contributed by atoms with Crippen molar-refractivity contribution in [3.63, 3.8) is 0 Å². The third-order valence-electron chi connectivity index (χ3n) is 4.74. The highest BCUT2D eigenvalue weighted by atomic mass is 35.5. The lowest BCUT2D eigenvalue weighted by Gasteiger charge is -2.30. The molecule has 1 unspecified atom stereocenters. The molecule has 0 saturated carbocycles. The van der Waals surface area contributed by atoms with Crippen molar-refractivity contribution in [2.45, 2.75) is 31.5 Å². The van der Waals surface area contributed by atoms with Crippen LogP contribution < -0.4 is 0 Å². The maximum absolute atomic E-state index is 6.37. The summed E-state index contributed by atoms with van der Waals surface area (Å²) in [4.78, 5) is 7.54. The minimum Gasteiger partial charge on any atom is -0.365 e. The average molecular weight is 339 g/mol. The lowest BCUT2D eigenvalue weighted by Crippen LogP contribution is -2.29. The molecule has 3 nitrogen and oxygen atoms in total. The minimum absolute atomic E-state index is 0.308. The molecule has 0 saturated heterocycles. The van der Waals surface area contributed by atoms with Gasteiger partial charge in [-0.25, -0.2) is 4.98 Å². The largest absolute Gasteiger partial charge is 0.365 e. The highest BCUT2D eigenvalue weighted by Crippen LogP contribution is 2.42. The van der Waals surface area contributed by atoms with Crippen molar-refractivity contribution in [1.29, 1.82) is 0 Å². The third-order valence-corrected chi connectivity index (χ3v) is 4.99. The third kappa shape index (κ3) is 2.97. The normalized spacial score (nSPS) is 19.4. The number of fused-ring (bicyclic) bond motifs is 1. The Morgan fingerprint density at radius 1 is 1.12 bits per heavy atom. The summed E-state index contributed by atoms with van der Waals surface area (Å²) < 4.78 is 6.37. The van der Waals surface area contributed by atoms with Crippen LogP contribution in [0, 0.1) is 0 Å². The van der Waals surface area contributed by atoms with Gasteiger partial charge in [-0.05, 0) is 35.2 Å². The smallest absolute Gasteiger partial charge is 0.106 e. The number of nitrogens with one attached hydrogen (secondary N) is 1. The first-order valence-electron chi connectivity index (χ1n) is 8.20. The van der Waals surface area contributed by atoms with Crippen molar-refractivity contribution in [2.24, 2.45) is 0 Å². The second kappa shape index (κ2) is 6.42. The maximum Gasteiger partial charge on any atom is 0.106 e. The van der Waals surface area contributed by atoms with Gasteiger partial charge in [0.1, 0.15) is 5.82 Å². The van der Waals surface area contributed by atoms with Gasteiger partial charge in [0.05, 0.1) is 12.2 Å². The Kier molecular flexibility index (Phi) is 4.13. The molecule has 1 N–H and O–H groups in total. The summed E-state index contributed by atoms with van der Waals surface area (Å²) in [6, 6.07) is 16.6. The Balaban J connectivity index is 1.66. The lowest BCUT2D eigenvalue weighted by atomic mass is 9.83. The van der Waals surface area contributed by atoms with Crippen LogP contribution in [0.2, 0.25) is 5.02 Å².